The molecule has 0 bridgehead atoms. The van der Waals surface area contributed by atoms with Crippen LogP contribution in [-0.4, -0.2) is 9.49 Å². The topological polar surface area (TPSA) is 52.0 Å². The van der Waals surface area contributed by atoms with Gasteiger partial charge in [0.15, 0.2) is 11.0 Å². The molecule has 28 heavy (non-hydrogen) atoms. The summed E-state index contributed by atoms with van der Waals surface area (Å²) in [4.78, 5) is 10.5. The lowest BCUT2D eigenvalue weighted by Gasteiger charge is -2.02. The van der Waals surface area contributed by atoms with Crippen LogP contribution in [-0.2, 0) is 13.1 Å². The Morgan fingerprint density at radius 1 is 0.929 bits per heavy atom. The predicted octanol–water partition coefficient (Wildman–Crippen LogP) is 4.55. The van der Waals surface area contributed by atoms with E-state index in [0.29, 0.717) is 6.54 Å². The highest BCUT2D eigenvalue weighted by Crippen LogP contribution is 2.20. The van der Waals surface area contributed by atoms with E-state index >= 15 is 0 Å². The molecule has 0 aliphatic rings. The molecule has 0 saturated carbocycles. The number of rotatable bonds is 5. The fourth-order valence-corrected chi connectivity index (χ4v) is 3.49. The summed E-state index contributed by atoms with van der Waals surface area (Å²) in [5.41, 5.74) is 7.27. The number of aryl methyl sites for hydroxylation is 2. The van der Waals surface area contributed by atoms with Crippen LogP contribution in [0.15, 0.2) is 73.1 Å². The Morgan fingerprint density at radius 3 is 2.29 bits per heavy atom. The second kappa shape index (κ2) is 7.27. The molecule has 0 radical (unpaired) electrons. The molecule has 140 valence electrons. The number of hydrogen-bond acceptors (Lipinski definition) is 2. The quantitative estimate of drug-likeness (QED) is 0.293. The van der Waals surface area contributed by atoms with Crippen LogP contribution in [0.4, 0.5) is 5.69 Å². The van der Waals surface area contributed by atoms with Crippen LogP contribution in [0, 0.1) is 24.0 Å². The highest BCUT2D eigenvalue weighted by atomic mass is 16.6. The molecule has 1 aromatic heterocycles. The van der Waals surface area contributed by atoms with Crippen LogP contribution >= 0.6 is 0 Å². The van der Waals surface area contributed by atoms with E-state index in [9.17, 15) is 10.1 Å². The molecule has 0 N–H and O–H groups in total. The van der Waals surface area contributed by atoms with Crippen molar-refractivity contribution < 1.29 is 9.49 Å². The molecule has 0 amide bonds. The van der Waals surface area contributed by atoms with E-state index in [1.54, 1.807) is 12.1 Å². The van der Waals surface area contributed by atoms with Gasteiger partial charge in [-0.3, -0.25) is 10.1 Å². The third-order valence-corrected chi connectivity index (χ3v) is 5.18. The first-order valence-corrected chi connectivity index (χ1v) is 9.28. The first-order chi connectivity index (χ1) is 13.5. The molecule has 3 aromatic carbocycles. The first-order valence-electron chi connectivity index (χ1n) is 9.28. The third kappa shape index (κ3) is 3.51. The highest BCUT2D eigenvalue weighted by Gasteiger charge is 2.18. The van der Waals surface area contributed by atoms with Crippen molar-refractivity contribution >= 4 is 16.7 Å². The van der Waals surface area contributed by atoms with E-state index in [0.717, 1.165) is 17.6 Å². The Labute approximate surface area is 163 Å². The summed E-state index contributed by atoms with van der Waals surface area (Å²) < 4.78 is 4.48. The number of fused-ring (bicyclic) bond motifs is 1. The normalized spacial score (nSPS) is 11.1. The van der Waals surface area contributed by atoms with Crippen molar-refractivity contribution in [1.29, 1.82) is 0 Å². The van der Waals surface area contributed by atoms with Gasteiger partial charge < -0.3 is 0 Å². The number of benzene rings is 3. The van der Waals surface area contributed by atoms with Gasteiger partial charge in [-0.05, 0) is 60.4 Å². The number of nitro groups is 1. The first kappa shape index (κ1) is 17.9. The maximum absolute atomic E-state index is 10.9. The standard InChI is InChI=1S/C23H22N3O2/c1-17-12-22-23(13-18(17)2)25(15-20-8-10-21(11-9-20)26(27)28)16-24(22)14-19-6-4-3-5-7-19/h3-13,16H,14-15H2,1-2H3/q+1. The van der Waals surface area contributed by atoms with Gasteiger partial charge in [0.2, 0.25) is 6.33 Å². The van der Waals surface area contributed by atoms with Crippen molar-refractivity contribution in [3.05, 3.63) is 105 Å². The van der Waals surface area contributed by atoms with Crippen LogP contribution in [0.3, 0.4) is 0 Å². The summed E-state index contributed by atoms with van der Waals surface area (Å²) in [6, 6.07) is 21.6. The van der Waals surface area contributed by atoms with E-state index < -0.39 is 0 Å². The molecule has 1 heterocycles. The van der Waals surface area contributed by atoms with Crippen LogP contribution in [0.25, 0.3) is 11.0 Å². The van der Waals surface area contributed by atoms with Gasteiger partial charge >= 0.3 is 0 Å². The van der Waals surface area contributed by atoms with E-state index in [4.69, 9.17) is 0 Å². The van der Waals surface area contributed by atoms with Crippen molar-refractivity contribution in [3.63, 3.8) is 0 Å². The Balaban J connectivity index is 1.75. The molecule has 0 atom stereocenters. The molecule has 0 spiro atoms. The van der Waals surface area contributed by atoms with Gasteiger partial charge in [0.25, 0.3) is 5.69 Å². The van der Waals surface area contributed by atoms with E-state index in [-0.39, 0.29) is 10.6 Å². The third-order valence-electron chi connectivity index (χ3n) is 5.18. The van der Waals surface area contributed by atoms with Gasteiger partial charge in [-0.25, -0.2) is 9.13 Å². The van der Waals surface area contributed by atoms with Crippen LogP contribution in [0.2, 0.25) is 0 Å². The van der Waals surface area contributed by atoms with E-state index in [1.807, 2.05) is 18.2 Å². The number of non-ortho nitro benzene ring substituents is 1. The molecule has 0 aliphatic heterocycles. The lowest BCUT2D eigenvalue weighted by molar-refractivity contribution is -0.663. The molecular weight excluding hydrogens is 350 g/mol. The average molecular weight is 372 g/mol. The molecule has 4 aromatic rings. The summed E-state index contributed by atoms with van der Waals surface area (Å²) in [7, 11) is 0. The smallest absolute Gasteiger partial charge is 0.258 e. The Bertz CT molecular complexity index is 1150. The van der Waals surface area contributed by atoms with Crippen molar-refractivity contribution in [1.82, 2.24) is 4.57 Å². The van der Waals surface area contributed by atoms with Crippen molar-refractivity contribution in [3.8, 4) is 0 Å². The predicted molar refractivity (Wildman–Crippen MR) is 109 cm³/mol. The van der Waals surface area contributed by atoms with Gasteiger partial charge in [0, 0.05) is 12.1 Å². The lowest BCUT2D eigenvalue weighted by Crippen LogP contribution is -2.32. The average Bonchev–Trinajstić information content (AvgIpc) is 2.99. The summed E-state index contributed by atoms with van der Waals surface area (Å²) >= 11 is 0. The lowest BCUT2D eigenvalue weighted by atomic mass is 10.1. The fraction of sp³-hybridized carbons (Fsp3) is 0.174. The van der Waals surface area contributed by atoms with Crippen molar-refractivity contribution in [2.45, 2.75) is 26.9 Å². The van der Waals surface area contributed by atoms with Crippen LogP contribution in [0.1, 0.15) is 22.3 Å². The Morgan fingerprint density at radius 2 is 1.61 bits per heavy atom. The van der Waals surface area contributed by atoms with Gasteiger partial charge in [-0.15, -0.1) is 0 Å². The van der Waals surface area contributed by atoms with Gasteiger partial charge in [0.1, 0.15) is 13.1 Å². The summed E-state index contributed by atoms with van der Waals surface area (Å²) in [5.74, 6) is 0. The van der Waals surface area contributed by atoms with Crippen molar-refractivity contribution in [2.75, 3.05) is 0 Å². The molecule has 0 aliphatic carbocycles. The summed E-state index contributed by atoms with van der Waals surface area (Å²) in [5, 5.41) is 10.9. The molecule has 0 saturated heterocycles. The summed E-state index contributed by atoms with van der Waals surface area (Å²) in [6.07, 6.45) is 2.14. The number of nitrogens with zero attached hydrogens (tertiary/aromatic N) is 3. The number of aromatic nitrogens is 2. The van der Waals surface area contributed by atoms with Gasteiger partial charge in [-0.1, -0.05) is 30.3 Å². The fourth-order valence-electron chi connectivity index (χ4n) is 3.49. The van der Waals surface area contributed by atoms with E-state index in [1.165, 1.54) is 22.2 Å². The minimum Gasteiger partial charge on any atom is -0.258 e. The van der Waals surface area contributed by atoms with Gasteiger partial charge in [-0.2, -0.15) is 0 Å². The van der Waals surface area contributed by atoms with Crippen LogP contribution in [0.5, 0.6) is 0 Å². The maximum atomic E-state index is 10.9. The van der Waals surface area contributed by atoms with E-state index in [2.05, 4.69) is 65.7 Å². The number of nitro benzene ring substituents is 1. The second-order valence-corrected chi connectivity index (χ2v) is 7.21. The number of hydrogen-bond donors (Lipinski definition) is 0. The highest BCUT2D eigenvalue weighted by molar-refractivity contribution is 5.74. The zero-order valence-electron chi connectivity index (χ0n) is 16.0. The van der Waals surface area contributed by atoms with Crippen LogP contribution < -0.4 is 4.57 Å². The molecule has 0 fully saturated rings. The van der Waals surface area contributed by atoms with Gasteiger partial charge in [0.05, 0.1) is 4.92 Å². The SMILES string of the molecule is Cc1cc2c(cc1C)[n+](Cc1ccccc1)cn2Cc1ccc([N+](=O)[O-])cc1. The second-order valence-electron chi connectivity index (χ2n) is 7.21. The largest absolute Gasteiger partial charge is 0.269 e. The Hall–Kier alpha value is -3.47. The minimum absolute atomic E-state index is 0.117. The molecule has 4 rings (SSSR count). The molecule has 0 unspecified atom stereocenters. The maximum Gasteiger partial charge on any atom is 0.269 e. The van der Waals surface area contributed by atoms with Crippen molar-refractivity contribution in [2.24, 2.45) is 0 Å². The molecular formula is C23H22N3O2+. The minimum atomic E-state index is -0.366. The zero-order chi connectivity index (χ0) is 19.7. The molecule has 5 nitrogen and oxygen atoms in total. The number of imidazole rings is 1. The Kier molecular flexibility index (Phi) is 4.65. The monoisotopic (exact) mass is 372 g/mol. The molecule has 5 heteroatoms. The zero-order valence-corrected chi connectivity index (χ0v) is 16.0. The summed E-state index contributed by atoms with van der Waals surface area (Å²) in [6.45, 7) is 5.72.